The van der Waals surface area contributed by atoms with Crippen LogP contribution >= 0.6 is 31.9 Å². The standard InChI is InChI=1S/C18H14Br2F2O4/c1-25-15(23)11-3-7-13(8-4-11)17(19,21)18(20,22)14-9-5-12(6-10-14)16(24)26-2/h3-10H,1-2H3. The van der Waals surface area contributed by atoms with Crippen LogP contribution in [0.2, 0.25) is 0 Å². The molecule has 0 aliphatic rings. The lowest BCUT2D eigenvalue weighted by Crippen LogP contribution is -2.32. The summed E-state index contributed by atoms with van der Waals surface area (Å²) in [6.07, 6.45) is 0. The second-order valence-corrected chi connectivity index (χ2v) is 7.47. The molecule has 0 bridgehead atoms. The lowest BCUT2D eigenvalue weighted by molar-refractivity contribution is 0.0591. The number of alkyl halides is 4. The van der Waals surface area contributed by atoms with Gasteiger partial charge in [-0.3, -0.25) is 0 Å². The quantitative estimate of drug-likeness (QED) is 0.436. The molecule has 0 aliphatic carbocycles. The third kappa shape index (κ3) is 3.81. The van der Waals surface area contributed by atoms with Crippen LogP contribution in [0.15, 0.2) is 48.5 Å². The summed E-state index contributed by atoms with van der Waals surface area (Å²) in [6, 6.07) is 10.4. The fourth-order valence-corrected chi connectivity index (χ4v) is 3.22. The number of carbonyl (C=O) groups excluding carboxylic acids is 2. The number of hydrogen-bond acceptors (Lipinski definition) is 4. The molecular formula is C18H14Br2F2O4. The van der Waals surface area contributed by atoms with E-state index in [-0.39, 0.29) is 22.3 Å². The van der Waals surface area contributed by atoms with E-state index in [0.29, 0.717) is 0 Å². The van der Waals surface area contributed by atoms with Crippen LogP contribution < -0.4 is 0 Å². The summed E-state index contributed by atoms with van der Waals surface area (Å²) in [5.41, 5.74) is 0.310. The zero-order valence-corrected chi connectivity index (χ0v) is 16.9. The Morgan fingerprint density at radius 2 is 1.00 bits per heavy atom. The summed E-state index contributed by atoms with van der Waals surface area (Å²) in [5, 5.41) is 0. The summed E-state index contributed by atoms with van der Waals surface area (Å²) in [4.78, 5) is 22.9. The molecule has 8 heteroatoms. The van der Waals surface area contributed by atoms with Gasteiger partial charge in [-0.15, -0.1) is 0 Å². The topological polar surface area (TPSA) is 52.6 Å². The molecule has 2 aromatic carbocycles. The number of methoxy groups -OCH3 is 2. The highest BCUT2D eigenvalue weighted by Gasteiger charge is 2.53. The van der Waals surface area contributed by atoms with E-state index in [2.05, 4.69) is 41.3 Å². The van der Waals surface area contributed by atoms with Gasteiger partial charge in [0.05, 0.1) is 25.3 Å². The van der Waals surface area contributed by atoms with E-state index in [9.17, 15) is 9.59 Å². The molecule has 0 spiro atoms. The molecule has 0 N–H and O–H groups in total. The SMILES string of the molecule is COC(=O)c1ccc(C(F)(Br)C(F)(Br)c2ccc(C(=O)OC)cc2)cc1. The number of hydrogen-bond donors (Lipinski definition) is 0. The van der Waals surface area contributed by atoms with Crippen molar-refractivity contribution in [3.8, 4) is 0 Å². The summed E-state index contributed by atoms with van der Waals surface area (Å²) in [6.45, 7) is 0. The molecule has 0 radical (unpaired) electrons. The van der Waals surface area contributed by atoms with Crippen LogP contribution in [0.25, 0.3) is 0 Å². The molecule has 0 fully saturated rings. The average Bonchev–Trinajstić information content (AvgIpc) is 2.66. The van der Waals surface area contributed by atoms with Crippen molar-refractivity contribution in [3.05, 3.63) is 70.8 Å². The van der Waals surface area contributed by atoms with Crippen LogP contribution in [0.5, 0.6) is 0 Å². The van der Waals surface area contributed by atoms with Gasteiger partial charge in [-0.05, 0) is 56.1 Å². The predicted octanol–water partition coefficient (Wildman–Crippen LogP) is 4.99. The predicted molar refractivity (Wildman–Crippen MR) is 99.0 cm³/mol. The number of ether oxygens (including phenoxy) is 2. The van der Waals surface area contributed by atoms with Gasteiger partial charge in [0.15, 0.2) is 0 Å². The van der Waals surface area contributed by atoms with Gasteiger partial charge in [-0.2, -0.15) is 0 Å². The van der Waals surface area contributed by atoms with Crippen LogP contribution in [0.4, 0.5) is 8.78 Å². The largest absolute Gasteiger partial charge is 0.465 e. The van der Waals surface area contributed by atoms with E-state index in [1.54, 1.807) is 0 Å². The maximum absolute atomic E-state index is 15.3. The van der Waals surface area contributed by atoms with Gasteiger partial charge in [0.2, 0.25) is 9.16 Å². The minimum absolute atomic E-state index is 0.0541. The summed E-state index contributed by atoms with van der Waals surface area (Å²) < 4.78 is 34.5. The van der Waals surface area contributed by atoms with Gasteiger partial charge in [0.25, 0.3) is 0 Å². The number of rotatable bonds is 5. The second kappa shape index (κ2) is 7.84. The number of benzene rings is 2. The van der Waals surface area contributed by atoms with E-state index in [1.165, 1.54) is 62.8 Å². The van der Waals surface area contributed by atoms with Crippen molar-refractivity contribution in [2.45, 2.75) is 9.16 Å². The Morgan fingerprint density at radius 3 is 1.23 bits per heavy atom. The first-order valence-corrected chi connectivity index (χ1v) is 8.87. The van der Waals surface area contributed by atoms with Crippen molar-refractivity contribution in [2.75, 3.05) is 14.2 Å². The fourth-order valence-electron chi connectivity index (χ4n) is 2.23. The smallest absolute Gasteiger partial charge is 0.337 e. The zero-order valence-electron chi connectivity index (χ0n) is 13.8. The molecular weight excluding hydrogens is 478 g/mol. The molecule has 0 saturated carbocycles. The van der Waals surface area contributed by atoms with E-state index >= 15 is 8.78 Å². The Labute approximate surface area is 165 Å². The number of carbonyl (C=O) groups is 2. The Morgan fingerprint density at radius 1 is 0.731 bits per heavy atom. The van der Waals surface area contributed by atoms with Crippen LogP contribution in [0.3, 0.4) is 0 Å². The molecule has 2 atom stereocenters. The average molecular weight is 492 g/mol. The van der Waals surface area contributed by atoms with Crippen molar-refractivity contribution in [1.29, 1.82) is 0 Å². The van der Waals surface area contributed by atoms with Gasteiger partial charge < -0.3 is 9.47 Å². The maximum atomic E-state index is 15.3. The highest BCUT2D eigenvalue weighted by atomic mass is 79.9. The van der Waals surface area contributed by atoms with E-state index in [4.69, 9.17) is 0 Å². The minimum Gasteiger partial charge on any atom is -0.465 e. The molecule has 4 nitrogen and oxygen atoms in total. The summed E-state index contributed by atoms with van der Waals surface area (Å²) >= 11 is 5.58. The molecule has 0 amide bonds. The second-order valence-electron chi connectivity index (χ2n) is 5.29. The van der Waals surface area contributed by atoms with Crippen LogP contribution in [0.1, 0.15) is 31.8 Å². The van der Waals surface area contributed by atoms with Gasteiger partial charge in [-0.1, -0.05) is 24.3 Å². The Hall–Kier alpha value is -1.80. The summed E-state index contributed by atoms with van der Waals surface area (Å²) in [5.74, 6) is -1.17. The third-order valence-corrected chi connectivity index (χ3v) is 6.27. The first-order chi connectivity index (χ1) is 12.1. The lowest BCUT2D eigenvalue weighted by atomic mass is 9.98. The van der Waals surface area contributed by atoms with Crippen molar-refractivity contribution >= 4 is 43.8 Å². The number of esters is 2. The lowest BCUT2D eigenvalue weighted by Gasteiger charge is -2.31. The molecule has 0 aromatic heterocycles. The summed E-state index contributed by atoms with van der Waals surface area (Å²) in [7, 11) is 2.45. The maximum Gasteiger partial charge on any atom is 0.337 e. The Kier molecular flexibility index (Phi) is 6.18. The normalized spacial score (nSPS) is 15.5. The third-order valence-electron chi connectivity index (χ3n) is 3.73. The minimum atomic E-state index is -2.65. The molecule has 2 unspecified atom stereocenters. The van der Waals surface area contributed by atoms with Gasteiger partial charge in [-0.25, -0.2) is 18.4 Å². The Balaban J connectivity index is 2.36. The number of halogens is 4. The molecule has 2 aromatic rings. The first kappa shape index (κ1) is 20.5. The van der Waals surface area contributed by atoms with Crippen molar-refractivity contribution in [3.63, 3.8) is 0 Å². The molecule has 2 rings (SSSR count). The van der Waals surface area contributed by atoms with Gasteiger partial charge >= 0.3 is 11.9 Å². The van der Waals surface area contributed by atoms with E-state index < -0.39 is 21.1 Å². The van der Waals surface area contributed by atoms with E-state index in [0.717, 1.165) is 0 Å². The van der Waals surface area contributed by atoms with Crippen molar-refractivity contribution in [1.82, 2.24) is 0 Å². The highest BCUT2D eigenvalue weighted by Crippen LogP contribution is 2.55. The Bertz CT molecular complexity index is 733. The monoisotopic (exact) mass is 490 g/mol. The van der Waals surface area contributed by atoms with Gasteiger partial charge in [0.1, 0.15) is 0 Å². The van der Waals surface area contributed by atoms with Crippen LogP contribution in [-0.2, 0) is 18.6 Å². The molecule has 138 valence electrons. The molecule has 0 heterocycles. The van der Waals surface area contributed by atoms with E-state index in [1.807, 2.05) is 0 Å². The highest BCUT2D eigenvalue weighted by molar-refractivity contribution is 9.12. The van der Waals surface area contributed by atoms with Gasteiger partial charge in [0, 0.05) is 11.1 Å². The van der Waals surface area contributed by atoms with Crippen molar-refractivity contribution < 1.29 is 27.8 Å². The zero-order chi connectivity index (χ0) is 19.5. The van der Waals surface area contributed by atoms with Crippen LogP contribution in [-0.4, -0.2) is 26.2 Å². The molecule has 26 heavy (non-hydrogen) atoms. The molecule has 0 aliphatic heterocycles. The first-order valence-electron chi connectivity index (χ1n) is 7.28. The molecule has 0 saturated heterocycles. The van der Waals surface area contributed by atoms with Crippen LogP contribution in [0, 0.1) is 0 Å². The van der Waals surface area contributed by atoms with Crippen molar-refractivity contribution in [2.24, 2.45) is 0 Å². The fraction of sp³-hybridized carbons (Fsp3) is 0.222.